The molecule has 0 spiro atoms. The van der Waals surface area contributed by atoms with E-state index >= 15 is 0 Å². The summed E-state index contributed by atoms with van der Waals surface area (Å²) in [7, 11) is 0. The smallest absolute Gasteiger partial charge is 0.255 e. The molecule has 0 unspecified atom stereocenters. The molecular weight excluding hydrogens is 200 g/mol. The Balaban J connectivity index is 2.19. The van der Waals surface area contributed by atoms with Crippen molar-refractivity contribution in [3.05, 3.63) is 29.6 Å². The number of hydrogen-bond donors (Lipinski definition) is 0. The van der Waals surface area contributed by atoms with E-state index in [2.05, 4.69) is 18.8 Å². The van der Waals surface area contributed by atoms with Crippen LogP contribution in [0.4, 0.5) is 0 Å². The summed E-state index contributed by atoms with van der Waals surface area (Å²) in [6, 6.07) is 4.47. The molecule has 0 saturated heterocycles. The Hall–Kier alpha value is -1.38. The lowest BCUT2D eigenvalue weighted by atomic mass is 10.2. The summed E-state index contributed by atoms with van der Waals surface area (Å²) in [6.07, 6.45) is 3.96. The molecule has 0 atom stereocenters. The molecule has 1 amide bonds. The average Bonchev–Trinajstić information content (AvgIpc) is 3.02. The minimum Gasteiger partial charge on any atom is -0.333 e. The molecule has 0 aromatic carbocycles. The highest BCUT2D eigenvalue weighted by Gasteiger charge is 2.34. The summed E-state index contributed by atoms with van der Waals surface area (Å²) in [5.74, 6) is 0.116. The first-order chi connectivity index (χ1) is 7.59. The Morgan fingerprint density at radius 3 is 2.56 bits per heavy atom. The van der Waals surface area contributed by atoms with E-state index in [1.165, 1.54) is 0 Å². The van der Waals surface area contributed by atoms with E-state index in [1.807, 2.05) is 24.0 Å². The van der Waals surface area contributed by atoms with Gasteiger partial charge in [-0.3, -0.25) is 9.78 Å². The molecule has 1 aromatic heterocycles. The maximum absolute atomic E-state index is 12.3. The Morgan fingerprint density at radius 2 is 2.12 bits per heavy atom. The Kier molecular flexibility index (Phi) is 2.95. The minimum atomic E-state index is 0.116. The van der Waals surface area contributed by atoms with Crippen molar-refractivity contribution in [2.24, 2.45) is 0 Å². The molecule has 1 heterocycles. The summed E-state index contributed by atoms with van der Waals surface area (Å²) in [4.78, 5) is 18.4. The zero-order chi connectivity index (χ0) is 11.7. The third-order valence-corrected chi connectivity index (χ3v) is 2.89. The number of hydrogen-bond acceptors (Lipinski definition) is 2. The summed E-state index contributed by atoms with van der Waals surface area (Å²) >= 11 is 0. The highest BCUT2D eigenvalue weighted by atomic mass is 16.2. The van der Waals surface area contributed by atoms with E-state index in [0.29, 0.717) is 11.6 Å². The molecule has 16 heavy (non-hydrogen) atoms. The zero-order valence-corrected chi connectivity index (χ0v) is 10.1. The van der Waals surface area contributed by atoms with Gasteiger partial charge in [-0.1, -0.05) is 0 Å². The number of carbonyl (C=O) groups excluding carboxylic acids is 1. The molecule has 1 aliphatic rings. The van der Waals surface area contributed by atoms with Gasteiger partial charge < -0.3 is 4.90 Å². The molecule has 3 nitrogen and oxygen atoms in total. The minimum absolute atomic E-state index is 0.116. The molecule has 3 heteroatoms. The highest BCUT2D eigenvalue weighted by molar-refractivity contribution is 5.94. The number of pyridine rings is 1. The molecule has 86 valence electrons. The van der Waals surface area contributed by atoms with E-state index in [-0.39, 0.29) is 11.9 Å². The second-order valence-electron chi connectivity index (χ2n) is 4.73. The molecule has 1 fully saturated rings. The van der Waals surface area contributed by atoms with E-state index in [1.54, 1.807) is 6.20 Å². The van der Waals surface area contributed by atoms with Crippen LogP contribution in [-0.4, -0.2) is 27.9 Å². The summed E-state index contributed by atoms with van der Waals surface area (Å²) in [6.45, 7) is 6.06. The molecule has 0 N–H and O–H groups in total. The molecule has 2 rings (SSSR count). The first-order valence-electron chi connectivity index (χ1n) is 5.85. The second-order valence-corrected chi connectivity index (χ2v) is 4.73. The van der Waals surface area contributed by atoms with Crippen LogP contribution in [0.25, 0.3) is 0 Å². The monoisotopic (exact) mass is 218 g/mol. The van der Waals surface area contributed by atoms with Gasteiger partial charge in [-0.25, -0.2) is 0 Å². The van der Waals surface area contributed by atoms with Crippen molar-refractivity contribution in [3.8, 4) is 0 Å². The van der Waals surface area contributed by atoms with Crippen LogP contribution in [-0.2, 0) is 0 Å². The molecule has 1 aromatic rings. The first kappa shape index (κ1) is 11.1. The third kappa shape index (κ3) is 2.23. The first-order valence-corrected chi connectivity index (χ1v) is 5.85. The molecule has 1 aliphatic carbocycles. The lowest BCUT2D eigenvalue weighted by Crippen LogP contribution is -2.38. The number of nitrogens with zero attached hydrogens (tertiary/aromatic N) is 2. The normalized spacial score (nSPS) is 15.2. The maximum atomic E-state index is 12.3. The Labute approximate surface area is 96.5 Å². The number of carbonyl (C=O) groups is 1. The zero-order valence-electron chi connectivity index (χ0n) is 10.1. The molecular formula is C13H18N2O. The predicted molar refractivity (Wildman–Crippen MR) is 63.3 cm³/mol. The number of rotatable bonds is 3. The van der Waals surface area contributed by atoms with Gasteiger partial charge in [-0.05, 0) is 45.7 Å². The third-order valence-electron chi connectivity index (χ3n) is 2.89. The Morgan fingerprint density at radius 1 is 1.44 bits per heavy atom. The van der Waals surface area contributed by atoms with Gasteiger partial charge in [0.25, 0.3) is 5.91 Å². The predicted octanol–water partition coefficient (Wildman–Crippen LogP) is 2.40. The van der Waals surface area contributed by atoms with Crippen LogP contribution in [0.5, 0.6) is 0 Å². The maximum Gasteiger partial charge on any atom is 0.255 e. The van der Waals surface area contributed by atoms with E-state index in [0.717, 1.165) is 18.5 Å². The molecule has 1 saturated carbocycles. The molecule has 0 radical (unpaired) electrons. The van der Waals surface area contributed by atoms with Gasteiger partial charge in [0.2, 0.25) is 0 Å². The second kappa shape index (κ2) is 4.24. The average molecular weight is 218 g/mol. The van der Waals surface area contributed by atoms with Crippen molar-refractivity contribution in [2.75, 3.05) is 0 Å². The molecule has 0 aliphatic heterocycles. The lowest BCUT2D eigenvalue weighted by molar-refractivity contribution is 0.0690. The van der Waals surface area contributed by atoms with Crippen molar-refractivity contribution in [1.29, 1.82) is 0 Å². The fourth-order valence-electron chi connectivity index (χ4n) is 1.92. The highest BCUT2D eigenvalue weighted by Crippen LogP contribution is 2.29. The fourth-order valence-corrected chi connectivity index (χ4v) is 1.92. The number of aromatic nitrogens is 1. The summed E-state index contributed by atoms with van der Waals surface area (Å²) < 4.78 is 0. The van der Waals surface area contributed by atoms with Crippen molar-refractivity contribution >= 4 is 5.91 Å². The van der Waals surface area contributed by atoms with Gasteiger partial charge in [0.1, 0.15) is 0 Å². The van der Waals surface area contributed by atoms with Gasteiger partial charge in [0.15, 0.2) is 0 Å². The standard InChI is InChI=1S/C13H18N2O/c1-9(2)15(12-6-7-12)13(16)11-5-4-10(3)14-8-11/h4-5,8-9,12H,6-7H2,1-3H3. The van der Waals surface area contributed by atoms with Crippen LogP contribution in [0.15, 0.2) is 18.3 Å². The van der Waals surface area contributed by atoms with Gasteiger partial charge in [0.05, 0.1) is 5.56 Å². The summed E-state index contributed by atoms with van der Waals surface area (Å²) in [5, 5.41) is 0. The van der Waals surface area contributed by atoms with Gasteiger partial charge >= 0.3 is 0 Å². The largest absolute Gasteiger partial charge is 0.333 e. The van der Waals surface area contributed by atoms with Crippen LogP contribution in [0.1, 0.15) is 42.7 Å². The van der Waals surface area contributed by atoms with Gasteiger partial charge in [-0.2, -0.15) is 0 Å². The Bertz CT molecular complexity index is 377. The SMILES string of the molecule is Cc1ccc(C(=O)N(C(C)C)C2CC2)cn1. The van der Waals surface area contributed by atoms with Crippen LogP contribution in [0, 0.1) is 6.92 Å². The van der Waals surface area contributed by atoms with Crippen LogP contribution in [0.2, 0.25) is 0 Å². The van der Waals surface area contributed by atoms with E-state index in [9.17, 15) is 4.79 Å². The number of aryl methyl sites for hydroxylation is 1. The van der Waals surface area contributed by atoms with Gasteiger partial charge in [-0.15, -0.1) is 0 Å². The van der Waals surface area contributed by atoms with Crippen molar-refractivity contribution in [2.45, 2.75) is 45.7 Å². The lowest BCUT2D eigenvalue weighted by Gasteiger charge is -2.26. The van der Waals surface area contributed by atoms with Crippen molar-refractivity contribution in [3.63, 3.8) is 0 Å². The van der Waals surface area contributed by atoms with Crippen molar-refractivity contribution in [1.82, 2.24) is 9.88 Å². The molecule has 0 bridgehead atoms. The van der Waals surface area contributed by atoms with Crippen molar-refractivity contribution < 1.29 is 4.79 Å². The topological polar surface area (TPSA) is 33.2 Å². The van der Waals surface area contributed by atoms with E-state index < -0.39 is 0 Å². The fraction of sp³-hybridized carbons (Fsp3) is 0.538. The number of amides is 1. The van der Waals surface area contributed by atoms with Crippen LogP contribution < -0.4 is 0 Å². The van der Waals surface area contributed by atoms with Crippen LogP contribution >= 0.6 is 0 Å². The van der Waals surface area contributed by atoms with Crippen LogP contribution in [0.3, 0.4) is 0 Å². The summed E-state index contributed by atoms with van der Waals surface area (Å²) in [5.41, 5.74) is 1.64. The quantitative estimate of drug-likeness (QED) is 0.780. The van der Waals surface area contributed by atoms with Gasteiger partial charge in [0, 0.05) is 24.0 Å². The van der Waals surface area contributed by atoms with E-state index in [4.69, 9.17) is 0 Å².